The van der Waals surface area contributed by atoms with Crippen LogP contribution in [-0.4, -0.2) is 5.91 Å². The first-order chi connectivity index (χ1) is 9.49. The number of rotatable bonds is 4. The molecule has 0 spiro atoms. The van der Waals surface area contributed by atoms with Crippen LogP contribution in [0.2, 0.25) is 0 Å². The van der Waals surface area contributed by atoms with Gasteiger partial charge in [-0.2, -0.15) is 0 Å². The number of hydrogen-bond donors (Lipinski definition) is 1. The maximum Gasteiger partial charge on any atom is 0.254 e. The van der Waals surface area contributed by atoms with E-state index in [1.54, 1.807) is 0 Å². The number of primary amides is 1. The Morgan fingerprint density at radius 1 is 1.25 bits per heavy atom. The number of carbonyl (C=O) groups is 1. The summed E-state index contributed by atoms with van der Waals surface area (Å²) in [5.41, 5.74) is 6.04. The van der Waals surface area contributed by atoms with E-state index in [-0.39, 0.29) is 12.4 Å². The molecule has 0 unspecified atom stereocenters. The number of halogens is 2. The lowest BCUT2D eigenvalue weighted by Gasteiger charge is -2.10. The molecule has 0 heterocycles. The number of ether oxygens (including phenoxy) is 1. The molecule has 0 bridgehead atoms. The highest BCUT2D eigenvalue weighted by atomic mass is 19.1. The molecule has 2 N–H and O–H groups in total. The molecule has 0 saturated heterocycles. The first kappa shape index (κ1) is 14.0. The van der Waals surface area contributed by atoms with Gasteiger partial charge in [-0.25, -0.2) is 8.78 Å². The smallest absolute Gasteiger partial charge is 0.254 e. The molecule has 20 heavy (non-hydrogen) atoms. The van der Waals surface area contributed by atoms with Crippen molar-refractivity contribution in [2.24, 2.45) is 5.73 Å². The van der Waals surface area contributed by atoms with E-state index in [4.69, 9.17) is 10.5 Å². The summed E-state index contributed by atoms with van der Waals surface area (Å²) in [4.78, 5) is 11.0. The molecule has 3 nitrogen and oxygen atoms in total. The molecule has 2 aromatic carbocycles. The Morgan fingerprint density at radius 3 is 2.65 bits per heavy atom. The molecule has 0 aliphatic rings. The van der Waals surface area contributed by atoms with Crippen LogP contribution in [0.4, 0.5) is 8.78 Å². The zero-order valence-electron chi connectivity index (χ0n) is 10.8. The van der Waals surface area contributed by atoms with Gasteiger partial charge in [0, 0.05) is 0 Å². The van der Waals surface area contributed by atoms with Crippen molar-refractivity contribution < 1.29 is 18.3 Å². The zero-order chi connectivity index (χ0) is 14.7. The minimum absolute atomic E-state index is 0.114. The quantitative estimate of drug-likeness (QED) is 0.934. The summed E-state index contributed by atoms with van der Waals surface area (Å²) in [7, 11) is 0. The van der Waals surface area contributed by atoms with E-state index in [1.807, 2.05) is 31.2 Å². The van der Waals surface area contributed by atoms with E-state index >= 15 is 0 Å². The second-order valence-electron chi connectivity index (χ2n) is 4.38. The van der Waals surface area contributed by atoms with Crippen LogP contribution in [0.15, 0.2) is 36.4 Å². The number of carbonyl (C=O) groups excluding carboxylic acids is 1. The molecule has 104 valence electrons. The maximum atomic E-state index is 13.9. The van der Waals surface area contributed by atoms with Crippen molar-refractivity contribution in [3.8, 4) is 5.75 Å². The lowest BCUT2D eigenvalue weighted by atomic mass is 10.1. The van der Waals surface area contributed by atoms with Crippen LogP contribution in [0.1, 0.15) is 21.5 Å². The Kier molecular flexibility index (Phi) is 3.98. The Labute approximate surface area is 115 Å². The topological polar surface area (TPSA) is 52.3 Å². The average molecular weight is 277 g/mol. The van der Waals surface area contributed by atoms with Gasteiger partial charge in [0.25, 0.3) is 5.91 Å². The lowest BCUT2D eigenvalue weighted by molar-refractivity contribution is 0.0991. The van der Waals surface area contributed by atoms with Crippen molar-refractivity contribution in [1.29, 1.82) is 0 Å². The average Bonchev–Trinajstić information content (AvgIpc) is 2.37. The van der Waals surface area contributed by atoms with E-state index in [9.17, 15) is 13.6 Å². The third kappa shape index (κ3) is 2.93. The predicted molar refractivity (Wildman–Crippen MR) is 70.4 cm³/mol. The number of nitrogens with two attached hydrogens (primary N) is 1. The van der Waals surface area contributed by atoms with Crippen LogP contribution in [0.25, 0.3) is 0 Å². The van der Waals surface area contributed by atoms with Crippen molar-refractivity contribution in [3.63, 3.8) is 0 Å². The molecule has 0 fully saturated rings. The maximum absolute atomic E-state index is 13.9. The largest absolute Gasteiger partial charge is 0.486 e. The van der Waals surface area contributed by atoms with Crippen molar-refractivity contribution in [1.82, 2.24) is 0 Å². The minimum atomic E-state index is -1.17. The Hall–Kier alpha value is -2.43. The van der Waals surface area contributed by atoms with E-state index in [1.165, 1.54) is 0 Å². The van der Waals surface area contributed by atoms with Gasteiger partial charge in [-0.3, -0.25) is 4.79 Å². The summed E-state index contributed by atoms with van der Waals surface area (Å²) in [6.07, 6.45) is 0. The van der Waals surface area contributed by atoms with Crippen molar-refractivity contribution >= 4 is 5.91 Å². The van der Waals surface area contributed by atoms with Gasteiger partial charge in [0.05, 0.1) is 0 Å². The molecule has 0 radical (unpaired) electrons. The Morgan fingerprint density at radius 2 is 2.00 bits per heavy atom. The first-order valence-electron chi connectivity index (χ1n) is 5.95. The third-order valence-corrected chi connectivity index (χ3v) is 2.78. The first-order valence-corrected chi connectivity index (χ1v) is 5.95. The van der Waals surface area contributed by atoms with Gasteiger partial charge in [-0.1, -0.05) is 29.8 Å². The number of hydrogen-bond acceptors (Lipinski definition) is 2. The fourth-order valence-corrected chi connectivity index (χ4v) is 1.83. The van der Waals surface area contributed by atoms with Crippen molar-refractivity contribution in [2.75, 3.05) is 0 Å². The van der Waals surface area contributed by atoms with Gasteiger partial charge in [0.1, 0.15) is 18.0 Å². The summed E-state index contributed by atoms with van der Waals surface area (Å²) in [5, 5.41) is 0. The summed E-state index contributed by atoms with van der Waals surface area (Å²) < 4.78 is 32.5. The number of benzene rings is 2. The molecule has 0 aliphatic heterocycles. The highest BCUT2D eigenvalue weighted by Gasteiger charge is 2.19. The molecule has 2 aromatic rings. The predicted octanol–water partition coefficient (Wildman–Crippen LogP) is 2.95. The standard InChI is InChI=1S/C15H13F2NO2/c1-9-3-2-4-10(7-9)8-20-12-6-5-11(16)13(14(12)17)15(18)19/h2-7H,8H2,1H3,(H2,18,19). The van der Waals surface area contributed by atoms with Crippen LogP contribution in [0.3, 0.4) is 0 Å². The van der Waals surface area contributed by atoms with E-state index < -0.39 is 23.1 Å². The molecule has 0 saturated carbocycles. The normalized spacial score (nSPS) is 10.3. The van der Waals surface area contributed by atoms with Crippen LogP contribution in [0, 0.1) is 18.6 Å². The summed E-state index contributed by atoms with van der Waals surface area (Å²) >= 11 is 0. The van der Waals surface area contributed by atoms with Crippen LogP contribution in [0.5, 0.6) is 5.75 Å². The highest BCUT2D eigenvalue weighted by molar-refractivity contribution is 5.93. The lowest BCUT2D eigenvalue weighted by Crippen LogP contribution is -2.16. The fraction of sp³-hybridized carbons (Fsp3) is 0.133. The van der Waals surface area contributed by atoms with Crippen LogP contribution < -0.4 is 10.5 Å². The van der Waals surface area contributed by atoms with E-state index in [0.717, 1.165) is 23.3 Å². The molecular formula is C15H13F2NO2. The molecule has 0 atom stereocenters. The van der Waals surface area contributed by atoms with Gasteiger partial charge in [-0.15, -0.1) is 0 Å². The minimum Gasteiger partial charge on any atom is -0.486 e. The highest BCUT2D eigenvalue weighted by Crippen LogP contribution is 2.24. The monoisotopic (exact) mass is 277 g/mol. The van der Waals surface area contributed by atoms with Crippen molar-refractivity contribution in [3.05, 3.63) is 64.7 Å². The molecule has 0 aliphatic carbocycles. The van der Waals surface area contributed by atoms with Gasteiger partial charge >= 0.3 is 0 Å². The summed E-state index contributed by atoms with van der Waals surface area (Å²) in [6, 6.07) is 9.57. The molecule has 1 amide bonds. The molecule has 2 rings (SSSR count). The van der Waals surface area contributed by atoms with Crippen LogP contribution >= 0.6 is 0 Å². The Balaban J connectivity index is 2.22. The SMILES string of the molecule is Cc1cccc(COc2ccc(F)c(C(N)=O)c2F)c1. The second kappa shape index (κ2) is 5.69. The molecular weight excluding hydrogens is 264 g/mol. The number of aryl methyl sites for hydroxylation is 1. The van der Waals surface area contributed by atoms with Crippen LogP contribution in [-0.2, 0) is 6.61 Å². The van der Waals surface area contributed by atoms with Gasteiger partial charge in [-0.05, 0) is 24.6 Å². The number of amides is 1. The third-order valence-electron chi connectivity index (χ3n) is 2.78. The second-order valence-corrected chi connectivity index (χ2v) is 4.38. The summed E-state index contributed by atoms with van der Waals surface area (Å²) in [5.74, 6) is -3.45. The van der Waals surface area contributed by atoms with E-state index in [2.05, 4.69) is 0 Å². The molecule has 5 heteroatoms. The van der Waals surface area contributed by atoms with Gasteiger partial charge in [0.15, 0.2) is 11.6 Å². The molecule has 0 aromatic heterocycles. The summed E-state index contributed by atoms with van der Waals surface area (Å²) in [6.45, 7) is 2.04. The van der Waals surface area contributed by atoms with Gasteiger partial charge < -0.3 is 10.5 Å². The van der Waals surface area contributed by atoms with E-state index in [0.29, 0.717) is 0 Å². The van der Waals surface area contributed by atoms with Gasteiger partial charge in [0.2, 0.25) is 0 Å². The van der Waals surface area contributed by atoms with Crippen molar-refractivity contribution in [2.45, 2.75) is 13.5 Å². The fourth-order valence-electron chi connectivity index (χ4n) is 1.83. The Bertz CT molecular complexity index is 656. The zero-order valence-corrected chi connectivity index (χ0v) is 10.8.